The average molecular weight is 420 g/mol. The van der Waals surface area contributed by atoms with Gasteiger partial charge < -0.3 is 9.64 Å². The number of aromatic nitrogens is 1. The van der Waals surface area contributed by atoms with E-state index in [1.807, 2.05) is 71.6 Å². The van der Waals surface area contributed by atoms with Crippen LogP contribution in [0.2, 0.25) is 5.02 Å². The molecule has 152 valence electrons. The highest BCUT2D eigenvalue weighted by atomic mass is 35.5. The van der Waals surface area contributed by atoms with E-state index in [1.165, 1.54) is 0 Å². The fourth-order valence-corrected chi connectivity index (χ4v) is 4.49. The first-order valence-corrected chi connectivity index (χ1v) is 10.5. The molecular formula is C24H22ClN3O2. The number of hydrogen-bond acceptors (Lipinski definition) is 4. The minimum atomic E-state index is -0.261. The van der Waals surface area contributed by atoms with Gasteiger partial charge in [0.15, 0.2) is 0 Å². The average Bonchev–Trinajstić information content (AvgIpc) is 3.17. The number of carbonyl (C=O) groups is 1. The first-order valence-electron chi connectivity index (χ1n) is 10.1. The highest BCUT2D eigenvalue weighted by Crippen LogP contribution is 2.37. The number of pyridine rings is 1. The molecule has 2 aliphatic heterocycles. The molecule has 6 heteroatoms. The summed E-state index contributed by atoms with van der Waals surface area (Å²) < 4.78 is 6.35. The third kappa shape index (κ3) is 3.66. The lowest BCUT2D eigenvalue weighted by atomic mass is 10.1. The molecule has 1 saturated heterocycles. The van der Waals surface area contributed by atoms with E-state index in [0.717, 1.165) is 27.7 Å². The number of halogens is 1. The fraction of sp³-hybridized carbons (Fsp3) is 0.250. The summed E-state index contributed by atoms with van der Waals surface area (Å²) in [5.74, 6) is 0.816. The Kier molecular flexibility index (Phi) is 5.15. The van der Waals surface area contributed by atoms with Crippen LogP contribution in [0.4, 0.5) is 5.69 Å². The fourth-order valence-electron chi connectivity index (χ4n) is 4.30. The standard InChI is InChI=1S/C24H22ClN3O2/c25-20-9-2-1-7-17(20)14-27-16-19-13-22(27)24(29)28(15-18-8-5-6-12-26-18)21-10-3-4-11-23(21)30-19/h1-12,19,22H,13-16H2. The maximum atomic E-state index is 13.8. The van der Waals surface area contributed by atoms with Crippen LogP contribution in [0.15, 0.2) is 72.9 Å². The maximum Gasteiger partial charge on any atom is 0.244 e. The zero-order valence-electron chi connectivity index (χ0n) is 16.4. The molecule has 5 nitrogen and oxygen atoms in total. The van der Waals surface area contributed by atoms with Gasteiger partial charge in [-0.3, -0.25) is 14.7 Å². The second kappa shape index (κ2) is 8.09. The van der Waals surface area contributed by atoms with Crippen LogP contribution in [0, 0.1) is 0 Å². The number of carbonyl (C=O) groups excluding carboxylic acids is 1. The van der Waals surface area contributed by atoms with Crippen LogP contribution in [-0.4, -0.2) is 34.5 Å². The minimum Gasteiger partial charge on any atom is -0.487 e. The maximum absolute atomic E-state index is 13.8. The molecule has 3 aromatic rings. The predicted octanol–water partition coefficient (Wildman–Crippen LogP) is 4.30. The molecule has 0 N–H and O–H groups in total. The molecule has 5 rings (SSSR count). The van der Waals surface area contributed by atoms with Crippen molar-refractivity contribution < 1.29 is 9.53 Å². The molecular weight excluding hydrogens is 398 g/mol. The summed E-state index contributed by atoms with van der Waals surface area (Å²) in [4.78, 5) is 22.2. The zero-order chi connectivity index (χ0) is 20.5. The molecule has 2 atom stereocenters. The largest absolute Gasteiger partial charge is 0.487 e. The van der Waals surface area contributed by atoms with E-state index in [0.29, 0.717) is 26.1 Å². The van der Waals surface area contributed by atoms with Gasteiger partial charge >= 0.3 is 0 Å². The summed E-state index contributed by atoms with van der Waals surface area (Å²) in [5, 5.41) is 0.719. The van der Waals surface area contributed by atoms with Crippen molar-refractivity contribution in [3.05, 3.63) is 89.2 Å². The van der Waals surface area contributed by atoms with Crippen LogP contribution in [0.1, 0.15) is 17.7 Å². The van der Waals surface area contributed by atoms with Crippen LogP contribution in [-0.2, 0) is 17.9 Å². The molecule has 1 aromatic heterocycles. The Morgan fingerprint density at radius 3 is 2.63 bits per heavy atom. The first-order chi connectivity index (χ1) is 14.7. The summed E-state index contributed by atoms with van der Waals surface area (Å²) in [6.07, 6.45) is 2.39. The van der Waals surface area contributed by atoms with E-state index < -0.39 is 0 Å². The number of nitrogens with zero attached hydrogens (tertiary/aromatic N) is 3. The van der Waals surface area contributed by atoms with Gasteiger partial charge in [0.2, 0.25) is 5.91 Å². The van der Waals surface area contributed by atoms with Crippen LogP contribution in [0.5, 0.6) is 5.75 Å². The van der Waals surface area contributed by atoms with Crippen molar-refractivity contribution in [1.82, 2.24) is 9.88 Å². The number of hydrogen-bond donors (Lipinski definition) is 0. The van der Waals surface area contributed by atoms with Crippen molar-refractivity contribution >= 4 is 23.2 Å². The Bertz CT molecular complexity index is 1060. The van der Waals surface area contributed by atoms with Gasteiger partial charge in [-0.15, -0.1) is 0 Å². The van der Waals surface area contributed by atoms with E-state index in [1.54, 1.807) is 6.20 Å². The third-order valence-electron chi connectivity index (χ3n) is 5.74. The van der Waals surface area contributed by atoms with Crippen molar-refractivity contribution in [2.45, 2.75) is 31.7 Å². The van der Waals surface area contributed by atoms with Gasteiger partial charge in [0.1, 0.15) is 11.9 Å². The molecule has 0 radical (unpaired) electrons. The van der Waals surface area contributed by atoms with Gasteiger partial charge in [-0.25, -0.2) is 0 Å². The van der Waals surface area contributed by atoms with Gasteiger partial charge in [-0.2, -0.15) is 0 Å². The number of ether oxygens (including phenoxy) is 1. The Balaban J connectivity index is 1.50. The van der Waals surface area contributed by atoms with Crippen molar-refractivity contribution in [2.75, 3.05) is 11.4 Å². The van der Waals surface area contributed by atoms with Crippen LogP contribution in [0.3, 0.4) is 0 Å². The van der Waals surface area contributed by atoms with Gasteiger partial charge in [0.05, 0.1) is 24.0 Å². The van der Waals surface area contributed by atoms with Gasteiger partial charge in [-0.1, -0.05) is 48.0 Å². The lowest BCUT2D eigenvalue weighted by Gasteiger charge is -2.31. The van der Waals surface area contributed by atoms with Crippen LogP contribution in [0.25, 0.3) is 0 Å². The van der Waals surface area contributed by atoms with Crippen molar-refractivity contribution in [3.8, 4) is 5.75 Å². The lowest BCUT2D eigenvalue weighted by Crippen LogP contribution is -2.45. The number of likely N-dealkylation sites (tertiary alicyclic amines) is 1. The number of amides is 1. The first kappa shape index (κ1) is 19.1. The third-order valence-corrected chi connectivity index (χ3v) is 6.11. The Labute approximate surface area is 180 Å². The summed E-state index contributed by atoms with van der Waals surface area (Å²) >= 11 is 6.39. The van der Waals surface area contributed by atoms with E-state index >= 15 is 0 Å². The molecule has 2 unspecified atom stereocenters. The van der Waals surface area contributed by atoms with E-state index in [4.69, 9.17) is 16.3 Å². The molecule has 30 heavy (non-hydrogen) atoms. The van der Waals surface area contributed by atoms with Crippen molar-refractivity contribution in [1.29, 1.82) is 0 Å². The van der Waals surface area contributed by atoms with Crippen LogP contribution >= 0.6 is 11.6 Å². The molecule has 2 aliphatic rings. The predicted molar refractivity (Wildman–Crippen MR) is 117 cm³/mol. The Morgan fingerprint density at radius 2 is 1.80 bits per heavy atom. The molecule has 1 amide bonds. The summed E-state index contributed by atoms with van der Waals surface area (Å²) in [7, 11) is 0. The molecule has 2 aromatic carbocycles. The zero-order valence-corrected chi connectivity index (χ0v) is 17.2. The second-order valence-corrected chi connectivity index (χ2v) is 8.13. The number of anilines is 1. The lowest BCUT2D eigenvalue weighted by molar-refractivity contribution is -0.123. The smallest absolute Gasteiger partial charge is 0.244 e. The quantitative estimate of drug-likeness (QED) is 0.632. The molecule has 3 heterocycles. The monoisotopic (exact) mass is 419 g/mol. The molecule has 0 saturated carbocycles. The highest BCUT2D eigenvalue weighted by Gasteiger charge is 2.43. The number of benzene rings is 2. The van der Waals surface area contributed by atoms with E-state index in [-0.39, 0.29) is 18.1 Å². The second-order valence-electron chi connectivity index (χ2n) is 7.73. The minimum absolute atomic E-state index is 0.0282. The number of para-hydroxylation sites is 2. The molecule has 1 fully saturated rings. The van der Waals surface area contributed by atoms with Crippen molar-refractivity contribution in [3.63, 3.8) is 0 Å². The molecule has 0 spiro atoms. The van der Waals surface area contributed by atoms with Gasteiger partial charge in [0.25, 0.3) is 0 Å². The van der Waals surface area contributed by atoms with Crippen LogP contribution < -0.4 is 9.64 Å². The van der Waals surface area contributed by atoms with Gasteiger partial charge in [-0.05, 0) is 35.9 Å². The SMILES string of the molecule is O=C1C2CC(CN2Cc2ccccc2Cl)Oc2ccccc2N1Cc1ccccn1. The summed E-state index contributed by atoms with van der Waals surface area (Å²) in [5.41, 5.74) is 2.65. The Hall–Kier alpha value is -2.89. The topological polar surface area (TPSA) is 45.7 Å². The van der Waals surface area contributed by atoms with E-state index in [9.17, 15) is 4.79 Å². The molecule has 0 aliphatic carbocycles. The van der Waals surface area contributed by atoms with E-state index in [2.05, 4.69) is 9.88 Å². The van der Waals surface area contributed by atoms with Crippen molar-refractivity contribution in [2.24, 2.45) is 0 Å². The summed E-state index contributed by atoms with van der Waals surface area (Å²) in [6.45, 7) is 1.71. The van der Waals surface area contributed by atoms with Gasteiger partial charge in [0, 0.05) is 30.7 Å². The summed E-state index contributed by atoms with van der Waals surface area (Å²) in [6, 6.07) is 21.0. The highest BCUT2D eigenvalue weighted by molar-refractivity contribution is 6.31. The number of fused-ring (bicyclic) bond motifs is 3. The Morgan fingerprint density at radius 1 is 1.00 bits per heavy atom. The normalized spacial score (nSPS) is 21.0. The number of rotatable bonds is 4. The molecule has 2 bridgehead atoms.